The smallest absolute Gasteiger partial charge is 0.0594 e. The molecule has 2 nitrogen and oxygen atoms in total. The van der Waals surface area contributed by atoms with E-state index in [4.69, 9.17) is 17.3 Å². The Bertz CT molecular complexity index is 89.1. The molecule has 0 aromatic carbocycles. The van der Waals surface area contributed by atoms with Crippen molar-refractivity contribution in [1.29, 1.82) is 0 Å². The third-order valence-corrected chi connectivity index (χ3v) is 2.33. The first-order chi connectivity index (χ1) is 4.27. The van der Waals surface area contributed by atoms with Crippen LogP contribution in [0.15, 0.2) is 0 Å². The van der Waals surface area contributed by atoms with Gasteiger partial charge in [0, 0.05) is 19.6 Å². The van der Waals surface area contributed by atoms with E-state index in [9.17, 15) is 0 Å². The molecule has 0 amide bonds. The molecule has 53 valence electrons. The Morgan fingerprint density at radius 2 is 2.00 bits per heavy atom. The van der Waals surface area contributed by atoms with Gasteiger partial charge in [-0.15, -0.1) is 11.6 Å². The number of nitrogens with two attached hydrogens (primary N) is 1. The molecular formula is C6H12ClN2. The molecule has 1 rings (SSSR count). The Morgan fingerprint density at radius 1 is 1.44 bits per heavy atom. The van der Waals surface area contributed by atoms with E-state index in [0.29, 0.717) is 6.54 Å². The summed E-state index contributed by atoms with van der Waals surface area (Å²) in [5.41, 5.74) is 5.46. The second-order valence-corrected chi connectivity index (χ2v) is 3.33. The molecule has 1 saturated heterocycles. The van der Waals surface area contributed by atoms with Crippen LogP contribution >= 0.6 is 11.6 Å². The Kier molecular flexibility index (Phi) is 2.33. The van der Waals surface area contributed by atoms with Crippen molar-refractivity contribution in [2.24, 2.45) is 5.73 Å². The van der Waals surface area contributed by atoms with Gasteiger partial charge >= 0.3 is 0 Å². The molecule has 0 aromatic heterocycles. The van der Waals surface area contributed by atoms with Crippen molar-refractivity contribution in [2.45, 2.75) is 17.7 Å². The molecule has 3 heteroatoms. The number of hydrogen-bond donors (Lipinski definition) is 1. The molecule has 0 atom stereocenters. The average Bonchev–Trinajstić information content (AvgIpc) is 1.90. The summed E-state index contributed by atoms with van der Waals surface area (Å²) in [5.74, 6) is 0. The summed E-state index contributed by atoms with van der Waals surface area (Å²) < 4.78 is 0. The molecule has 0 saturated carbocycles. The minimum Gasteiger partial charge on any atom is -0.329 e. The van der Waals surface area contributed by atoms with Crippen LogP contribution in [0, 0.1) is 0 Å². The molecule has 0 bridgehead atoms. The molecule has 1 aliphatic rings. The predicted molar refractivity (Wildman–Crippen MR) is 38.7 cm³/mol. The van der Waals surface area contributed by atoms with E-state index in [1.54, 1.807) is 0 Å². The summed E-state index contributed by atoms with van der Waals surface area (Å²) in [5, 5.41) is 4.18. The molecule has 1 aliphatic heterocycles. The molecule has 2 N–H and O–H groups in total. The van der Waals surface area contributed by atoms with E-state index in [-0.39, 0.29) is 4.87 Å². The number of halogens is 1. The van der Waals surface area contributed by atoms with E-state index in [0.717, 1.165) is 25.9 Å². The lowest BCUT2D eigenvalue weighted by atomic mass is 9.97. The van der Waals surface area contributed by atoms with Crippen LogP contribution in [-0.4, -0.2) is 24.5 Å². The summed E-state index contributed by atoms with van der Waals surface area (Å²) in [7, 11) is 0. The van der Waals surface area contributed by atoms with Gasteiger partial charge < -0.3 is 5.73 Å². The number of alkyl halides is 1. The first-order valence-corrected chi connectivity index (χ1v) is 3.67. The summed E-state index contributed by atoms with van der Waals surface area (Å²) in [6, 6.07) is 0. The Hall–Kier alpha value is 0.210. The summed E-state index contributed by atoms with van der Waals surface area (Å²) in [4.78, 5) is -0.123. The van der Waals surface area contributed by atoms with Gasteiger partial charge in [-0.1, -0.05) is 0 Å². The predicted octanol–water partition coefficient (Wildman–Crippen LogP) is 0.321. The van der Waals surface area contributed by atoms with Crippen LogP contribution in [0.1, 0.15) is 12.8 Å². The zero-order chi connectivity index (χ0) is 6.74. The van der Waals surface area contributed by atoms with E-state index < -0.39 is 0 Å². The standard InChI is InChI=1S/C6H12ClN2/c7-6(5-8)1-3-9-4-2-6/h1-5,8H2. The zero-order valence-electron chi connectivity index (χ0n) is 5.44. The summed E-state index contributed by atoms with van der Waals surface area (Å²) >= 11 is 6.07. The van der Waals surface area contributed by atoms with Gasteiger partial charge in [-0.25, -0.2) is 5.32 Å². The highest BCUT2D eigenvalue weighted by Gasteiger charge is 2.27. The van der Waals surface area contributed by atoms with Crippen LogP contribution < -0.4 is 11.1 Å². The lowest BCUT2D eigenvalue weighted by molar-refractivity contribution is 0.406. The molecular weight excluding hydrogens is 136 g/mol. The van der Waals surface area contributed by atoms with Crippen molar-refractivity contribution in [2.75, 3.05) is 19.6 Å². The van der Waals surface area contributed by atoms with Crippen molar-refractivity contribution in [3.8, 4) is 0 Å². The van der Waals surface area contributed by atoms with Crippen LogP contribution in [0.4, 0.5) is 0 Å². The van der Waals surface area contributed by atoms with Crippen molar-refractivity contribution in [3.05, 3.63) is 0 Å². The maximum absolute atomic E-state index is 6.07. The Labute approximate surface area is 60.8 Å². The summed E-state index contributed by atoms with van der Waals surface area (Å²) in [6.45, 7) is 2.37. The maximum atomic E-state index is 6.07. The molecule has 1 heterocycles. The third kappa shape index (κ3) is 1.81. The normalized spacial score (nSPS) is 26.0. The van der Waals surface area contributed by atoms with Crippen molar-refractivity contribution in [1.82, 2.24) is 5.32 Å². The monoisotopic (exact) mass is 147 g/mol. The average molecular weight is 148 g/mol. The van der Waals surface area contributed by atoms with Gasteiger partial charge in [0.15, 0.2) is 0 Å². The first-order valence-electron chi connectivity index (χ1n) is 3.29. The van der Waals surface area contributed by atoms with Crippen molar-refractivity contribution < 1.29 is 0 Å². The SMILES string of the molecule is NCC1(Cl)CC[N]CC1. The quantitative estimate of drug-likeness (QED) is 0.534. The number of hydrogen-bond acceptors (Lipinski definition) is 1. The van der Waals surface area contributed by atoms with Crippen molar-refractivity contribution in [3.63, 3.8) is 0 Å². The minimum absolute atomic E-state index is 0.123. The van der Waals surface area contributed by atoms with Crippen molar-refractivity contribution >= 4 is 11.6 Å². The van der Waals surface area contributed by atoms with Gasteiger partial charge in [0.2, 0.25) is 0 Å². The largest absolute Gasteiger partial charge is 0.329 e. The maximum Gasteiger partial charge on any atom is 0.0594 e. The molecule has 0 unspecified atom stereocenters. The Morgan fingerprint density at radius 3 is 2.33 bits per heavy atom. The van der Waals surface area contributed by atoms with E-state index in [1.807, 2.05) is 0 Å². The third-order valence-electron chi connectivity index (χ3n) is 1.80. The van der Waals surface area contributed by atoms with Gasteiger partial charge in [-0.05, 0) is 12.8 Å². The van der Waals surface area contributed by atoms with Gasteiger partial charge in [0.1, 0.15) is 0 Å². The lowest BCUT2D eigenvalue weighted by Crippen LogP contribution is -2.40. The molecule has 1 fully saturated rings. The van der Waals surface area contributed by atoms with Crippen LogP contribution in [0.3, 0.4) is 0 Å². The van der Waals surface area contributed by atoms with Crippen LogP contribution in [0.5, 0.6) is 0 Å². The van der Waals surface area contributed by atoms with Crippen LogP contribution in [0.2, 0.25) is 0 Å². The zero-order valence-corrected chi connectivity index (χ0v) is 6.19. The minimum atomic E-state index is -0.123. The number of piperidine rings is 1. The van der Waals surface area contributed by atoms with Crippen LogP contribution in [-0.2, 0) is 0 Å². The second-order valence-electron chi connectivity index (χ2n) is 2.53. The molecule has 1 radical (unpaired) electrons. The van der Waals surface area contributed by atoms with Crippen LogP contribution in [0.25, 0.3) is 0 Å². The fraction of sp³-hybridized carbons (Fsp3) is 1.00. The first kappa shape index (κ1) is 7.32. The molecule has 9 heavy (non-hydrogen) atoms. The Balaban J connectivity index is 2.37. The summed E-state index contributed by atoms with van der Waals surface area (Å²) in [6.07, 6.45) is 1.90. The molecule has 0 aromatic rings. The van der Waals surface area contributed by atoms with Gasteiger partial charge in [0.25, 0.3) is 0 Å². The van der Waals surface area contributed by atoms with E-state index in [1.165, 1.54) is 0 Å². The lowest BCUT2D eigenvalue weighted by Gasteiger charge is -2.28. The molecule has 0 spiro atoms. The number of nitrogens with zero attached hydrogens (tertiary/aromatic N) is 1. The highest BCUT2D eigenvalue weighted by Crippen LogP contribution is 2.24. The topological polar surface area (TPSA) is 40.1 Å². The fourth-order valence-corrected chi connectivity index (χ4v) is 1.17. The second kappa shape index (κ2) is 2.86. The van der Waals surface area contributed by atoms with E-state index in [2.05, 4.69) is 5.32 Å². The van der Waals surface area contributed by atoms with Gasteiger partial charge in [-0.2, -0.15) is 0 Å². The van der Waals surface area contributed by atoms with Gasteiger partial charge in [-0.3, -0.25) is 0 Å². The highest BCUT2D eigenvalue weighted by atomic mass is 35.5. The van der Waals surface area contributed by atoms with Gasteiger partial charge in [0.05, 0.1) is 4.87 Å². The number of rotatable bonds is 1. The highest BCUT2D eigenvalue weighted by molar-refractivity contribution is 6.24. The van der Waals surface area contributed by atoms with E-state index >= 15 is 0 Å². The fourth-order valence-electron chi connectivity index (χ4n) is 1.000. The molecule has 0 aliphatic carbocycles.